The molecule has 1 aromatic rings. The number of hydrogen-bond acceptors (Lipinski definition) is 3. The molecule has 0 bridgehead atoms. The second kappa shape index (κ2) is 4.26. The van der Waals surface area contributed by atoms with Crippen LogP contribution >= 0.6 is 11.6 Å². The molecule has 0 spiro atoms. The number of nitro benzene ring substituents is 1. The molecule has 1 N–H and O–H groups in total. The fraction of sp³-hybridized carbons (Fsp3) is 0.250. The van der Waals surface area contributed by atoms with Gasteiger partial charge in [-0.15, -0.1) is 0 Å². The number of aliphatic hydroxyl groups is 1. The van der Waals surface area contributed by atoms with Crippen molar-refractivity contribution in [2.75, 3.05) is 0 Å². The van der Waals surface area contributed by atoms with E-state index >= 15 is 0 Å². The van der Waals surface area contributed by atoms with Crippen molar-refractivity contribution in [2.24, 2.45) is 0 Å². The van der Waals surface area contributed by atoms with Crippen LogP contribution in [0.2, 0.25) is 5.02 Å². The Labute approximate surface area is 92.4 Å². The summed E-state index contributed by atoms with van der Waals surface area (Å²) in [4.78, 5) is 9.44. The Morgan fingerprint density at radius 2 is 2.00 bits per heavy atom. The highest BCUT2D eigenvalue weighted by molar-refractivity contribution is 6.30. The van der Waals surface area contributed by atoms with Gasteiger partial charge in [0.1, 0.15) is 0 Å². The van der Waals surface area contributed by atoms with E-state index in [4.69, 9.17) is 16.7 Å². The van der Waals surface area contributed by atoms with Gasteiger partial charge in [0.2, 0.25) is 0 Å². The first-order valence-electron chi connectivity index (χ1n) is 3.92. The molecule has 88 valence electrons. The maximum atomic E-state index is 12.2. The van der Waals surface area contributed by atoms with Crippen molar-refractivity contribution in [1.29, 1.82) is 0 Å². The molecule has 0 amide bonds. The molecule has 8 heteroatoms. The van der Waals surface area contributed by atoms with Crippen molar-refractivity contribution in [3.8, 4) is 0 Å². The Morgan fingerprint density at radius 3 is 2.44 bits per heavy atom. The number of aliphatic hydroxyl groups excluding tert-OH is 1. The van der Waals surface area contributed by atoms with E-state index in [2.05, 4.69) is 0 Å². The molecule has 0 saturated heterocycles. The topological polar surface area (TPSA) is 63.4 Å². The van der Waals surface area contributed by atoms with Gasteiger partial charge < -0.3 is 5.11 Å². The van der Waals surface area contributed by atoms with E-state index in [1.807, 2.05) is 0 Å². The fourth-order valence-electron chi connectivity index (χ4n) is 1.09. The van der Waals surface area contributed by atoms with Gasteiger partial charge in [0.05, 0.1) is 10.5 Å². The number of hydrogen-bond donors (Lipinski definition) is 1. The lowest BCUT2D eigenvalue weighted by atomic mass is 10.1. The molecule has 0 heterocycles. The van der Waals surface area contributed by atoms with Crippen LogP contribution in [0.4, 0.5) is 18.9 Å². The van der Waals surface area contributed by atoms with Gasteiger partial charge in [0.25, 0.3) is 5.69 Å². The number of nitro groups is 1. The lowest BCUT2D eigenvalue weighted by molar-refractivity contribution is -0.387. The molecule has 0 aliphatic carbocycles. The largest absolute Gasteiger partial charge is 0.418 e. The van der Waals surface area contributed by atoms with Crippen molar-refractivity contribution in [3.63, 3.8) is 0 Å². The summed E-state index contributed by atoms with van der Waals surface area (Å²) in [5.74, 6) is 0. The number of halogens is 4. The fourth-order valence-corrected chi connectivity index (χ4v) is 1.27. The number of rotatable bonds is 2. The Hall–Kier alpha value is -1.34. The van der Waals surface area contributed by atoms with Crippen LogP contribution in [0.1, 0.15) is 11.7 Å². The molecule has 1 aromatic carbocycles. The summed E-state index contributed by atoms with van der Waals surface area (Å²) < 4.78 is 36.6. The van der Waals surface area contributed by atoms with Crippen LogP contribution in [0.15, 0.2) is 18.2 Å². The molecule has 1 atom stereocenters. The van der Waals surface area contributed by atoms with E-state index in [0.29, 0.717) is 0 Å². The average molecular weight is 256 g/mol. The van der Waals surface area contributed by atoms with Gasteiger partial charge >= 0.3 is 6.18 Å². The Balaban J connectivity index is 3.30. The molecule has 0 fully saturated rings. The lowest BCUT2D eigenvalue weighted by Crippen LogP contribution is -2.21. The Kier molecular flexibility index (Phi) is 3.39. The molecule has 0 aromatic heterocycles. The van der Waals surface area contributed by atoms with Gasteiger partial charge in [0.15, 0.2) is 6.10 Å². The van der Waals surface area contributed by atoms with Gasteiger partial charge in [-0.05, 0) is 12.1 Å². The first kappa shape index (κ1) is 12.7. The van der Waals surface area contributed by atoms with E-state index < -0.39 is 28.5 Å². The number of nitrogens with zero attached hydrogens (tertiary/aromatic N) is 1. The van der Waals surface area contributed by atoms with Crippen LogP contribution < -0.4 is 0 Å². The third-order valence-electron chi connectivity index (χ3n) is 1.79. The summed E-state index contributed by atoms with van der Waals surface area (Å²) in [5.41, 5.74) is -1.70. The average Bonchev–Trinajstić information content (AvgIpc) is 2.14. The van der Waals surface area contributed by atoms with E-state index in [-0.39, 0.29) is 5.02 Å². The summed E-state index contributed by atoms with van der Waals surface area (Å²) in [7, 11) is 0. The minimum absolute atomic E-state index is 0.121. The number of alkyl halides is 3. The zero-order valence-electron chi connectivity index (χ0n) is 7.53. The highest BCUT2D eigenvalue weighted by atomic mass is 35.5. The second-order valence-electron chi connectivity index (χ2n) is 2.90. The molecule has 0 saturated carbocycles. The zero-order chi connectivity index (χ0) is 12.5. The smallest absolute Gasteiger partial charge is 0.379 e. The third kappa shape index (κ3) is 2.61. The van der Waals surface area contributed by atoms with E-state index in [0.717, 1.165) is 18.2 Å². The van der Waals surface area contributed by atoms with Gasteiger partial charge in [-0.2, -0.15) is 13.2 Å². The van der Waals surface area contributed by atoms with Crippen LogP contribution in [0.3, 0.4) is 0 Å². The molecule has 1 rings (SSSR count). The van der Waals surface area contributed by atoms with Gasteiger partial charge in [0, 0.05) is 11.1 Å². The van der Waals surface area contributed by atoms with Crippen LogP contribution in [-0.4, -0.2) is 16.2 Å². The lowest BCUT2D eigenvalue weighted by Gasteiger charge is -2.14. The van der Waals surface area contributed by atoms with E-state index in [1.165, 1.54) is 0 Å². The summed E-state index contributed by atoms with van der Waals surface area (Å²) in [6.45, 7) is 0. The summed E-state index contributed by atoms with van der Waals surface area (Å²) in [6.07, 6.45) is -7.90. The molecule has 16 heavy (non-hydrogen) atoms. The van der Waals surface area contributed by atoms with Crippen molar-refractivity contribution < 1.29 is 23.2 Å². The van der Waals surface area contributed by atoms with E-state index in [1.54, 1.807) is 0 Å². The predicted molar refractivity (Wildman–Crippen MR) is 49.1 cm³/mol. The van der Waals surface area contributed by atoms with Crippen molar-refractivity contribution >= 4 is 17.3 Å². The highest BCUT2D eigenvalue weighted by Crippen LogP contribution is 2.37. The molecular weight excluding hydrogens is 251 g/mol. The maximum absolute atomic E-state index is 12.2. The van der Waals surface area contributed by atoms with Gasteiger partial charge in [-0.25, -0.2) is 0 Å². The van der Waals surface area contributed by atoms with Crippen LogP contribution in [0.25, 0.3) is 0 Å². The first-order chi connectivity index (χ1) is 7.23. The van der Waals surface area contributed by atoms with Crippen LogP contribution in [-0.2, 0) is 0 Å². The molecule has 0 radical (unpaired) electrons. The summed E-state index contributed by atoms with van der Waals surface area (Å²) in [5, 5.41) is 19.3. The molecule has 1 unspecified atom stereocenters. The molecule has 4 nitrogen and oxygen atoms in total. The van der Waals surface area contributed by atoms with Crippen molar-refractivity contribution in [1.82, 2.24) is 0 Å². The quantitative estimate of drug-likeness (QED) is 0.653. The minimum atomic E-state index is -4.98. The predicted octanol–water partition coefficient (Wildman–Crippen LogP) is 2.84. The van der Waals surface area contributed by atoms with Crippen molar-refractivity contribution in [3.05, 3.63) is 38.9 Å². The molecular formula is C8H5ClF3NO3. The maximum Gasteiger partial charge on any atom is 0.418 e. The highest BCUT2D eigenvalue weighted by Gasteiger charge is 2.42. The summed E-state index contributed by atoms with van der Waals surface area (Å²) >= 11 is 5.41. The summed E-state index contributed by atoms with van der Waals surface area (Å²) in [6, 6.07) is 2.61. The van der Waals surface area contributed by atoms with Gasteiger partial charge in [-0.1, -0.05) is 11.6 Å². The Bertz CT molecular complexity index is 421. The second-order valence-corrected chi connectivity index (χ2v) is 3.34. The molecule has 0 aliphatic rings. The SMILES string of the molecule is O=[N+]([O-])c1ccc(Cl)cc1C(O)C(F)(F)F. The third-order valence-corrected chi connectivity index (χ3v) is 2.03. The number of benzene rings is 1. The first-order valence-corrected chi connectivity index (χ1v) is 4.30. The van der Waals surface area contributed by atoms with Crippen LogP contribution in [0, 0.1) is 10.1 Å². The normalized spacial score (nSPS) is 13.6. The monoisotopic (exact) mass is 255 g/mol. The standard InChI is InChI=1S/C8H5ClF3NO3/c9-4-1-2-6(13(15)16)5(3-4)7(14)8(10,11)12/h1-3,7,14H. The molecule has 0 aliphatic heterocycles. The Morgan fingerprint density at radius 1 is 1.44 bits per heavy atom. The van der Waals surface area contributed by atoms with Crippen molar-refractivity contribution in [2.45, 2.75) is 12.3 Å². The van der Waals surface area contributed by atoms with E-state index in [9.17, 15) is 23.3 Å². The minimum Gasteiger partial charge on any atom is -0.379 e. The van der Waals surface area contributed by atoms with Gasteiger partial charge in [-0.3, -0.25) is 10.1 Å². The van der Waals surface area contributed by atoms with Crippen LogP contribution in [0.5, 0.6) is 0 Å². The zero-order valence-corrected chi connectivity index (χ0v) is 8.29.